The maximum atomic E-state index is 12.2. The van der Waals surface area contributed by atoms with Crippen molar-refractivity contribution in [3.63, 3.8) is 0 Å². The van der Waals surface area contributed by atoms with Crippen LogP contribution in [0.3, 0.4) is 0 Å². The van der Waals surface area contributed by atoms with Crippen LogP contribution in [0, 0.1) is 17.8 Å². The molecule has 3 atom stereocenters. The van der Waals surface area contributed by atoms with Gasteiger partial charge in [0, 0.05) is 0 Å². The lowest BCUT2D eigenvalue weighted by atomic mass is 9.75. The molecular weight excluding hydrogens is 236 g/mol. The molecule has 1 aliphatic rings. The van der Waals surface area contributed by atoms with E-state index >= 15 is 0 Å². The third-order valence-electron chi connectivity index (χ3n) is 4.23. The van der Waals surface area contributed by atoms with E-state index in [1.165, 1.54) is 12.8 Å². The Balaban J connectivity index is 2.04. The highest BCUT2D eigenvalue weighted by Gasteiger charge is 2.33. The monoisotopic (exact) mass is 260 g/mol. The smallest absolute Gasteiger partial charge is 0.338 e. The molecular formula is C17H24O2. The van der Waals surface area contributed by atoms with E-state index in [1.54, 1.807) is 0 Å². The first-order chi connectivity index (χ1) is 9.08. The van der Waals surface area contributed by atoms with E-state index in [4.69, 9.17) is 4.74 Å². The summed E-state index contributed by atoms with van der Waals surface area (Å²) in [4.78, 5) is 12.2. The Bertz CT molecular complexity index is 411. The first-order valence-electron chi connectivity index (χ1n) is 7.34. The molecule has 0 N–H and O–H groups in total. The Labute approximate surface area is 116 Å². The van der Waals surface area contributed by atoms with Gasteiger partial charge in [-0.25, -0.2) is 4.79 Å². The predicted octanol–water partition coefficient (Wildman–Crippen LogP) is 4.30. The van der Waals surface area contributed by atoms with Crippen LogP contribution in [0.25, 0.3) is 0 Å². The van der Waals surface area contributed by atoms with Crippen LogP contribution in [0.4, 0.5) is 0 Å². The van der Waals surface area contributed by atoms with E-state index in [0.717, 1.165) is 6.42 Å². The average Bonchev–Trinajstić information content (AvgIpc) is 2.39. The number of benzene rings is 1. The van der Waals surface area contributed by atoms with Crippen molar-refractivity contribution >= 4 is 5.97 Å². The summed E-state index contributed by atoms with van der Waals surface area (Å²) < 4.78 is 5.78. The molecule has 0 bridgehead atoms. The SMILES string of the molecule is CC(C)[C@@H]1CC[C@@H](C)C[C@@H]1OC(=O)c1ccccc1. The van der Waals surface area contributed by atoms with Crippen molar-refractivity contribution in [3.05, 3.63) is 35.9 Å². The van der Waals surface area contributed by atoms with Crippen LogP contribution in [-0.4, -0.2) is 12.1 Å². The number of carbonyl (C=O) groups excluding carboxylic acids is 1. The zero-order chi connectivity index (χ0) is 13.8. The highest BCUT2D eigenvalue weighted by atomic mass is 16.5. The minimum Gasteiger partial charge on any atom is -0.458 e. The highest BCUT2D eigenvalue weighted by molar-refractivity contribution is 5.89. The van der Waals surface area contributed by atoms with Crippen LogP contribution in [0.2, 0.25) is 0 Å². The summed E-state index contributed by atoms with van der Waals surface area (Å²) in [5.41, 5.74) is 0.656. The van der Waals surface area contributed by atoms with Gasteiger partial charge in [-0.2, -0.15) is 0 Å². The van der Waals surface area contributed by atoms with Crippen LogP contribution >= 0.6 is 0 Å². The van der Waals surface area contributed by atoms with Crippen molar-refractivity contribution in [2.45, 2.75) is 46.1 Å². The molecule has 1 saturated carbocycles. The van der Waals surface area contributed by atoms with Crippen molar-refractivity contribution in [2.75, 3.05) is 0 Å². The molecule has 1 fully saturated rings. The Kier molecular flexibility index (Phi) is 4.62. The molecule has 0 unspecified atom stereocenters. The third kappa shape index (κ3) is 3.59. The zero-order valence-corrected chi connectivity index (χ0v) is 12.1. The first kappa shape index (κ1) is 14.1. The Morgan fingerprint density at radius 1 is 1.21 bits per heavy atom. The van der Waals surface area contributed by atoms with Gasteiger partial charge in [-0.05, 0) is 42.7 Å². The van der Waals surface area contributed by atoms with Gasteiger partial charge in [0.2, 0.25) is 0 Å². The lowest BCUT2D eigenvalue weighted by Gasteiger charge is -2.36. The van der Waals surface area contributed by atoms with Crippen LogP contribution in [0.15, 0.2) is 30.3 Å². The Hall–Kier alpha value is -1.31. The summed E-state index contributed by atoms with van der Waals surface area (Å²) in [6.45, 7) is 6.70. The minimum atomic E-state index is -0.176. The third-order valence-corrected chi connectivity index (χ3v) is 4.23. The van der Waals surface area contributed by atoms with Gasteiger partial charge in [0.15, 0.2) is 0 Å². The van der Waals surface area contributed by atoms with Crippen LogP contribution < -0.4 is 0 Å². The molecule has 1 aliphatic carbocycles. The predicted molar refractivity (Wildman–Crippen MR) is 77.0 cm³/mol. The van der Waals surface area contributed by atoms with Crippen molar-refractivity contribution in [1.82, 2.24) is 0 Å². The fourth-order valence-electron chi connectivity index (χ4n) is 3.03. The maximum Gasteiger partial charge on any atom is 0.338 e. The van der Waals surface area contributed by atoms with Crippen molar-refractivity contribution in [1.29, 1.82) is 0 Å². The molecule has 104 valence electrons. The number of hydrogen-bond acceptors (Lipinski definition) is 2. The van der Waals surface area contributed by atoms with E-state index in [1.807, 2.05) is 30.3 Å². The number of carbonyl (C=O) groups is 1. The second kappa shape index (κ2) is 6.23. The van der Waals surface area contributed by atoms with Crippen molar-refractivity contribution < 1.29 is 9.53 Å². The van der Waals surface area contributed by atoms with Gasteiger partial charge in [-0.3, -0.25) is 0 Å². The standard InChI is InChI=1S/C17H24O2/c1-12(2)15-10-9-13(3)11-16(15)19-17(18)14-7-5-4-6-8-14/h4-8,12-13,15-16H,9-11H2,1-3H3/t13-,15+,16+/m1/s1. The average molecular weight is 260 g/mol. The summed E-state index contributed by atoms with van der Waals surface area (Å²) in [6, 6.07) is 9.30. The molecule has 0 radical (unpaired) electrons. The second-order valence-corrected chi connectivity index (χ2v) is 6.14. The van der Waals surface area contributed by atoms with Gasteiger partial charge >= 0.3 is 5.97 Å². The summed E-state index contributed by atoms with van der Waals surface area (Å²) in [5, 5.41) is 0. The van der Waals surface area contributed by atoms with Gasteiger partial charge in [0.25, 0.3) is 0 Å². The molecule has 1 aromatic carbocycles. The van der Waals surface area contributed by atoms with E-state index in [0.29, 0.717) is 23.3 Å². The van der Waals surface area contributed by atoms with Crippen molar-refractivity contribution in [3.8, 4) is 0 Å². The molecule has 1 aromatic rings. The van der Waals surface area contributed by atoms with Gasteiger partial charge < -0.3 is 4.74 Å². The Morgan fingerprint density at radius 3 is 2.53 bits per heavy atom. The van der Waals surface area contributed by atoms with E-state index < -0.39 is 0 Å². The molecule has 0 spiro atoms. The lowest BCUT2D eigenvalue weighted by Crippen LogP contribution is -2.35. The highest BCUT2D eigenvalue weighted by Crippen LogP contribution is 2.35. The first-order valence-corrected chi connectivity index (χ1v) is 7.34. The number of esters is 1. The lowest BCUT2D eigenvalue weighted by molar-refractivity contribution is -0.0174. The summed E-state index contributed by atoms with van der Waals surface area (Å²) in [6.07, 6.45) is 3.51. The molecule has 2 nitrogen and oxygen atoms in total. The van der Waals surface area contributed by atoms with Crippen LogP contribution in [-0.2, 0) is 4.74 Å². The van der Waals surface area contributed by atoms with Crippen molar-refractivity contribution in [2.24, 2.45) is 17.8 Å². The van der Waals surface area contributed by atoms with Gasteiger partial charge in [-0.1, -0.05) is 45.4 Å². The molecule has 2 heteroatoms. The van der Waals surface area contributed by atoms with Gasteiger partial charge in [0.05, 0.1) is 5.56 Å². The number of hydrogen-bond donors (Lipinski definition) is 0. The van der Waals surface area contributed by atoms with Crippen LogP contribution in [0.5, 0.6) is 0 Å². The largest absolute Gasteiger partial charge is 0.458 e. The van der Waals surface area contributed by atoms with Gasteiger partial charge in [-0.15, -0.1) is 0 Å². The number of rotatable bonds is 3. The molecule has 2 rings (SSSR count). The molecule has 0 aliphatic heterocycles. The number of ether oxygens (including phenoxy) is 1. The summed E-state index contributed by atoms with van der Waals surface area (Å²) in [7, 11) is 0. The Morgan fingerprint density at radius 2 is 1.89 bits per heavy atom. The maximum absolute atomic E-state index is 12.2. The fraction of sp³-hybridized carbons (Fsp3) is 0.588. The summed E-state index contributed by atoms with van der Waals surface area (Å²) in [5.74, 6) is 1.55. The molecule has 0 aromatic heterocycles. The second-order valence-electron chi connectivity index (χ2n) is 6.14. The minimum absolute atomic E-state index is 0.0801. The topological polar surface area (TPSA) is 26.3 Å². The molecule has 0 saturated heterocycles. The van der Waals surface area contributed by atoms with E-state index in [9.17, 15) is 4.79 Å². The fourth-order valence-corrected chi connectivity index (χ4v) is 3.03. The zero-order valence-electron chi connectivity index (χ0n) is 12.1. The molecule has 0 amide bonds. The quantitative estimate of drug-likeness (QED) is 0.757. The van der Waals surface area contributed by atoms with Crippen LogP contribution in [0.1, 0.15) is 50.4 Å². The van der Waals surface area contributed by atoms with Gasteiger partial charge in [0.1, 0.15) is 6.10 Å². The summed E-state index contributed by atoms with van der Waals surface area (Å²) >= 11 is 0. The molecule has 0 heterocycles. The van der Waals surface area contributed by atoms with E-state index in [-0.39, 0.29) is 12.1 Å². The molecule has 19 heavy (non-hydrogen) atoms. The van der Waals surface area contributed by atoms with E-state index in [2.05, 4.69) is 20.8 Å². The normalized spacial score (nSPS) is 27.3.